The number of ether oxygens (including phenoxy) is 4. The lowest BCUT2D eigenvalue weighted by Crippen LogP contribution is -2.37. The molecule has 0 radical (unpaired) electrons. The van der Waals surface area contributed by atoms with Crippen LogP contribution in [0.5, 0.6) is 23.0 Å². The van der Waals surface area contributed by atoms with E-state index < -0.39 is 0 Å². The molecule has 0 saturated heterocycles. The van der Waals surface area contributed by atoms with Crippen molar-refractivity contribution >= 4 is 0 Å². The molecular formula is C18H21NO4. The molecule has 23 heavy (non-hydrogen) atoms. The highest BCUT2D eigenvalue weighted by molar-refractivity contribution is 5.80. The molecule has 5 nitrogen and oxygen atoms in total. The molecule has 122 valence electrons. The Morgan fingerprint density at radius 3 is 2.61 bits per heavy atom. The zero-order valence-corrected chi connectivity index (χ0v) is 13.6. The molecule has 0 aliphatic carbocycles. The molecule has 1 atom stereocenters. The third-order valence-electron chi connectivity index (χ3n) is 3.81. The molecular weight excluding hydrogens is 294 g/mol. The predicted octanol–water partition coefficient (Wildman–Crippen LogP) is 2.73. The van der Waals surface area contributed by atoms with Gasteiger partial charge in [-0.05, 0) is 19.2 Å². The molecule has 1 aliphatic rings. The summed E-state index contributed by atoms with van der Waals surface area (Å²) in [6.07, 6.45) is -0.0229. The van der Waals surface area contributed by atoms with Crippen molar-refractivity contribution in [3.63, 3.8) is 0 Å². The quantitative estimate of drug-likeness (QED) is 0.919. The van der Waals surface area contributed by atoms with Gasteiger partial charge in [0.2, 0.25) is 0 Å². The standard InChI is InChI=1S/C18H21NO4/c1-19-10-12-11-22-16-9-5-7-14(18(16)23-12)13-6-4-8-15(20-2)17(13)21-3/h4-9,12,19H,10-11H2,1-3H3/t12-/m0/s1. The minimum Gasteiger partial charge on any atom is -0.493 e. The summed E-state index contributed by atoms with van der Waals surface area (Å²) < 4.78 is 22.9. The topological polar surface area (TPSA) is 49.0 Å². The van der Waals surface area contributed by atoms with Gasteiger partial charge in [-0.1, -0.05) is 24.3 Å². The van der Waals surface area contributed by atoms with Gasteiger partial charge >= 0.3 is 0 Å². The average molecular weight is 315 g/mol. The second-order valence-corrected chi connectivity index (χ2v) is 5.28. The predicted molar refractivity (Wildman–Crippen MR) is 88.8 cm³/mol. The van der Waals surface area contributed by atoms with Crippen LogP contribution in [0.15, 0.2) is 36.4 Å². The van der Waals surface area contributed by atoms with E-state index in [1.54, 1.807) is 14.2 Å². The summed E-state index contributed by atoms with van der Waals surface area (Å²) in [5.41, 5.74) is 1.84. The van der Waals surface area contributed by atoms with Crippen LogP contribution in [0.2, 0.25) is 0 Å². The number of rotatable bonds is 5. The fourth-order valence-electron chi connectivity index (χ4n) is 2.77. The molecule has 0 unspecified atom stereocenters. The molecule has 0 spiro atoms. The molecule has 0 bridgehead atoms. The zero-order chi connectivity index (χ0) is 16.2. The molecule has 5 heteroatoms. The Hall–Kier alpha value is -2.40. The highest BCUT2D eigenvalue weighted by atomic mass is 16.6. The average Bonchev–Trinajstić information content (AvgIpc) is 2.60. The van der Waals surface area contributed by atoms with Crippen molar-refractivity contribution in [1.29, 1.82) is 0 Å². The molecule has 1 heterocycles. The Bertz CT molecular complexity index is 687. The number of hydrogen-bond donors (Lipinski definition) is 1. The van der Waals surface area contributed by atoms with Gasteiger partial charge in [-0.3, -0.25) is 0 Å². The summed E-state index contributed by atoms with van der Waals surface area (Å²) in [4.78, 5) is 0. The minimum absolute atomic E-state index is 0.0229. The summed E-state index contributed by atoms with van der Waals surface area (Å²) in [5, 5.41) is 3.12. The first-order chi connectivity index (χ1) is 11.3. The third-order valence-corrected chi connectivity index (χ3v) is 3.81. The third kappa shape index (κ3) is 2.92. The van der Waals surface area contributed by atoms with E-state index in [4.69, 9.17) is 18.9 Å². The SMILES string of the molecule is CNC[C@H]1COc2cccc(-c3cccc(OC)c3OC)c2O1. The van der Waals surface area contributed by atoms with E-state index >= 15 is 0 Å². The number of methoxy groups -OCH3 is 2. The van der Waals surface area contributed by atoms with E-state index in [2.05, 4.69) is 5.32 Å². The van der Waals surface area contributed by atoms with Crippen molar-refractivity contribution in [1.82, 2.24) is 5.32 Å². The van der Waals surface area contributed by atoms with Gasteiger partial charge in [-0.25, -0.2) is 0 Å². The van der Waals surface area contributed by atoms with Crippen molar-refractivity contribution in [2.75, 3.05) is 34.4 Å². The van der Waals surface area contributed by atoms with Crippen LogP contribution in [-0.4, -0.2) is 40.5 Å². The van der Waals surface area contributed by atoms with Gasteiger partial charge < -0.3 is 24.3 Å². The lowest BCUT2D eigenvalue weighted by Gasteiger charge is -2.28. The fraction of sp³-hybridized carbons (Fsp3) is 0.333. The van der Waals surface area contributed by atoms with E-state index in [1.807, 2.05) is 43.4 Å². The zero-order valence-electron chi connectivity index (χ0n) is 13.6. The molecule has 2 aromatic rings. The maximum atomic E-state index is 6.15. The van der Waals surface area contributed by atoms with Crippen molar-refractivity contribution in [3.8, 4) is 34.1 Å². The summed E-state index contributed by atoms with van der Waals surface area (Å²) >= 11 is 0. The second-order valence-electron chi connectivity index (χ2n) is 5.28. The maximum absolute atomic E-state index is 6.15. The fourth-order valence-corrected chi connectivity index (χ4v) is 2.77. The van der Waals surface area contributed by atoms with Crippen molar-refractivity contribution in [2.45, 2.75) is 6.10 Å². The lowest BCUT2D eigenvalue weighted by molar-refractivity contribution is 0.0926. The van der Waals surface area contributed by atoms with Crippen LogP contribution in [0, 0.1) is 0 Å². The van der Waals surface area contributed by atoms with E-state index in [0.29, 0.717) is 18.1 Å². The molecule has 0 fully saturated rings. The summed E-state index contributed by atoms with van der Waals surface area (Å²) in [6, 6.07) is 11.7. The highest BCUT2D eigenvalue weighted by Gasteiger charge is 2.25. The summed E-state index contributed by atoms with van der Waals surface area (Å²) in [7, 11) is 5.17. The first-order valence-corrected chi connectivity index (χ1v) is 7.57. The van der Waals surface area contributed by atoms with Crippen LogP contribution in [0.4, 0.5) is 0 Å². The van der Waals surface area contributed by atoms with Crippen molar-refractivity contribution < 1.29 is 18.9 Å². The van der Waals surface area contributed by atoms with Gasteiger partial charge in [0, 0.05) is 17.7 Å². The van der Waals surface area contributed by atoms with Gasteiger partial charge in [0.25, 0.3) is 0 Å². The van der Waals surface area contributed by atoms with Crippen LogP contribution in [0.25, 0.3) is 11.1 Å². The molecule has 0 saturated carbocycles. The van der Waals surface area contributed by atoms with Crippen molar-refractivity contribution in [2.24, 2.45) is 0 Å². The van der Waals surface area contributed by atoms with Crippen LogP contribution in [0.3, 0.4) is 0 Å². The first-order valence-electron chi connectivity index (χ1n) is 7.57. The molecule has 3 rings (SSSR count). The van der Waals surface area contributed by atoms with E-state index in [1.165, 1.54) is 0 Å². The number of likely N-dealkylation sites (N-methyl/N-ethyl adjacent to an activating group) is 1. The van der Waals surface area contributed by atoms with Gasteiger partial charge in [0.05, 0.1) is 14.2 Å². The highest BCUT2D eigenvalue weighted by Crippen LogP contribution is 2.46. The smallest absolute Gasteiger partial charge is 0.169 e. The van der Waals surface area contributed by atoms with E-state index in [-0.39, 0.29) is 6.10 Å². The Balaban J connectivity index is 2.08. The van der Waals surface area contributed by atoms with Crippen LogP contribution < -0.4 is 24.3 Å². The first kappa shape index (κ1) is 15.5. The number of benzene rings is 2. The number of hydrogen-bond acceptors (Lipinski definition) is 5. The number of fused-ring (bicyclic) bond motifs is 1. The van der Waals surface area contributed by atoms with Gasteiger partial charge in [-0.2, -0.15) is 0 Å². The summed E-state index contributed by atoms with van der Waals surface area (Å²) in [5.74, 6) is 2.86. The number of para-hydroxylation sites is 2. The van der Waals surface area contributed by atoms with E-state index in [9.17, 15) is 0 Å². The number of nitrogens with one attached hydrogen (secondary N) is 1. The molecule has 1 N–H and O–H groups in total. The second kappa shape index (κ2) is 6.79. The Morgan fingerprint density at radius 1 is 1.09 bits per heavy atom. The van der Waals surface area contributed by atoms with Crippen molar-refractivity contribution in [3.05, 3.63) is 36.4 Å². The van der Waals surface area contributed by atoms with Crippen LogP contribution >= 0.6 is 0 Å². The maximum Gasteiger partial charge on any atom is 0.169 e. The largest absolute Gasteiger partial charge is 0.493 e. The Morgan fingerprint density at radius 2 is 1.87 bits per heavy atom. The monoisotopic (exact) mass is 315 g/mol. The molecule has 0 aromatic heterocycles. The normalized spacial score (nSPS) is 16.0. The summed E-state index contributed by atoms with van der Waals surface area (Å²) in [6.45, 7) is 1.26. The van der Waals surface area contributed by atoms with Gasteiger partial charge in [-0.15, -0.1) is 0 Å². The Kier molecular flexibility index (Phi) is 4.57. The van der Waals surface area contributed by atoms with Gasteiger partial charge in [0.15, 0.2) is 23.0 Å². The molecule has 1 aliphatic heterocycles. The minimum atomic E-state index is -0.0229. The molecule has 2 aromatic carbocycles. The van der Waals surface area contributed by atoms with E-state index in [0.717, 1.165) is 29.2 Å². The lowest BCUT2D eigenvalue weighted by atomic mass is 10.0. The Labute approximate surface area is 136 Å². The molecule has 0 amide bonds. The van der Waals surface area contributed by atoms with Crippen LogP contribution in [0.1, 0.15) is 0 Å². The van der Waals surface area contributed by atoms with Crippen LogP contribution in [-0.2, 0) is 0 Å². The van der Waals surface area contributed by atoms with Gasteiger partial charge in [0.1, 0.15) is 12.7 Å².